The fraction of sp³-hybridized carbons (Fsp3) is 0.560. The van der Waals surface area contributed by atoms with Gasteiger partial charge in [-0.3, -0.25) is 34.1 Å². The van der Waals surface area contributed by atoms with E-state index in [9.17, 15) is 28.8 Å². The zero-order valence-corrected chi connectivity index (χ0v) is 40.3. The molecule has 0 spiro atoms. The van der Waals surface area contributed by atoms with Crippen molar-refractivity contribution in [1.82, 2.24) is 37.2 Å². The molecule has 6 rings (SSSR count). The molecule has 4 aromatic carbocycles. The summed E-state index contributed by atoms with van der Waals surface area (Å²) in [5.41, 5.74) is 0.825. The zero-order chi connectivity index (χ0) is 46.9. The van der Waals surface area contributed by atoms with Gasteiger partial charge in [0.1, 0.15) is 36.3 Å². The number of benzene rings is 4. The molecule has 0 radical (unpaired) electrons. The average Bonchev–Trinajstić information content (AvgIpc) is 3.54. The van der Waals surface area contributed by atoms with E-state index >= 15 is 0 Å². The third kappa shape index (κ3) is 10.4. The summed E-state index contributed by atoms with van der Waals surface area (Å²) in [4.78, 5) is 86.4. The highest BCUT2D eigenvalue weighted by Crippen LogP contribution is 2.41. The first-order valence-corrected chi connectivity index (χ1v) is 23.9. The number of carbonyl (C=O) groups is 6. The molecule has 7 N–H and O–H groups in total. The predicted molar refractivity (Wildman–Crippen MR) is 257 cm³/mol. The Morgan fingerprint density at radius 3 is 1.55 bits per heavy atom. The smallest absolute Gasteiger partial charge is 0.243 e. The van der Waals surface area contributed by atoms with E-state index in [0.717, 1.165) is 37.9 Å². The molecule has 346 valence electrons. The summed E-state index contributed by atoms with van der Waals surface area (Å²) < 4.78 is -0.654. The quantitative estimate of drug-likeness (QED) is 0.113. The number of thioether (sulfide) groups is 1. The molecule has 2 aliphatic heterocycles. The van der Waals surface area contributed by atoms with Crippen LogP contribution in [-0.4, -0.2) is 87.9 Å². The van der Waals surface area contributed by atoms with E-state index in [1.165, 1.54) is 11.8 Å². The Morgan fingerprint density at radius 2 is 0.984 bits per heavy atom. The van der Waals surface area contributed by atoms with Crippen LogP contribution < -0.4 is 37.2 Å². The van der Waals surface area contributed by atoms with E-state index in [0.29, 0.717) is 0 Å². The monoisotopic (exact) mass is 896 g/mol. The van der Waals surface area contributed by atoms with Crippen molar-refractivity contribution in [2.24, 2.45) is 29.6 Å². The number of hydrogen-bond donors (Lipinski definition) is 7. The molecule has 0 aromatic heterocycles. The third-order valence-electron chi connectivity index (χ3n) is 12.8. The molecule has 4 aromatic rings. The first-order valence-electron chi connectivity index (χ1n) is 23.0. The Hall–Kier alpha value is -4.95. The van der Waals surface area contributed by atoms with Gasteiger partial charge in [-0.2, -0.15) is 0 Å². The molecule has 2 heterocycles. The fourth-order valence-electron chi connectivity index (χ4n) is 9.19. The molecule has 2 fully saturated rings. The summed E-state index contributed by atoms with van der Waals surface area (Å²) >= 11 is 1.53. The molecule has 2 bridgehead atoms. The normalized spacial score (nSPS) is 27.0. The van der Waals surface area contributed by atoms with Crippen LogP contribution in [0.3, 0.4) is 0 Å². The highest BCUT2D eigenvalue weighted by Gasteiger charge is 2.49. The zero-order valence-electron chi connectivity index (χ0n) is 39.5. The lowest BCUT2D eigenvalue weighted by atomic mass is 9.90. The minimum atomic E-state index is -1.17. The van der Waals surface area contributed by atoms with Crippen LogP contribution in [0, 0.1) is 29.6 Å². The molecule has 14 heteroatoms. The van der Waals surface area contributed by atoms with Crippen molar-refractivity contribution in [2.45, 2.75) is 148 Å². The Balaban J connectivity index is 1.43. The van der Waals surface area contributed by atoms with Crippen molar-refractivity contribution in [3.63, 3.8) is 0 Å². The van der Waals surface area contributed by atoms with Crippen molar-refractivity contribution in [2.75, 3.05) is 0 Å². The van der Waals surface area contributed by atoms with Crippen molar-refractivity contribution < 1.29 is 28.8 Å². The lowest BCUT2D eigenvalue weighted by molar-refractivity contribution is -0.136. The summed E-state index contributed by atoms with van der Waals surface area (Å²) in [7, 11) is 0. The first-order chi connectivity index (χ1) is 30.1. The Morgan fingerprint density at radius 1 is 0.516 bits per heavy atom. The topological polar surface area (TPSA) is 187 Å². The Bertz CT molecular complexity index is 2360. The molecular formula is C50H69N7O6S. The van der Waals surface area contributed by atoms with Crippen LogP contribution in [0.1, 0.15) is 95.1 Å². The van der Waals surface area contributed by atoms with Crippen molar-refractivity contribution >= 4 is 79.5 Å². The molecular weight excluding hydrogens is 827 g/mol. The molecule has 0 saturated carbocycles. The van der Waals surface area contributed by atoms with E-state index in [2.05, 4.69) is 73.6 Å². The van der Waals surface area contributed by atoms with Crippen LogP contribution in [0.2, 0.25) is 0 Å². The SMILES string of the molecule is CC(C)CC1NC(=O)C(Cc2ccc3ccc4cccc5ccc2c3c45)NC(=O)C(C(C)C)NC(=O)C2NC(SC2(C)C)C(C(C)C)NC(=O)C(C(C)C)NC(=O)[C@H](C(C)C)NC1=O. The highest BCUT2D eigenvalue weighted by molar-refractivity contribution is 8.01. The number of carbonyl (C=O) groups excluding carboxylic acids is 6. The molecule has 0 aliphatic carbocycles. The van der Waals surface area contributed by atoms with Crippen LogP contribution in [0.4, 0.5) is 0 Å². The molecule has 6 amide bonds. The van der Waals surface area contributed by atoms with Crippen LogP contribution in [0.25, 0.3) is 32.3 Å². The van der Waals surface area contributed by atoms with Gasteiger partial charge in [0.15, 0.2) is 0 Å². The maximum atomic E-state index is 14.8. The number of amides is 6. The molecule has 13 nitrogen and oxygen atoms in total. The molecule has 2 saturated heterocycles. The van der Waals surface area contributed by atoms with Gasteiger partial charge in [-0.05, 0) is 87.7 Å². The standard InChI is InChI=1S/C50H69N7O6S/c1-24(2)22-34-44(59)53-39(26(5)6)46(61)54-40(27(7)8)47(62)56-41(28(9)10)49-57-42(50(11,12)64-49)48(63)55-38(25(3)4)45(60)52-35(43(58)51-34)23-32-19-18-31-17-16-29-14-13-15-30-20-21-33(32)37(31)36(29)30/h13-21,24-28,34-35,38-42,49,57H,22-23H2,1-12H3,(H,51,58)(H,52,60)(H,53,59)(H,54,61)(H,55,63)(H,56,62)/t34?,35?,38?,39-,40?,41?,42?,49?/m0/s1. The average molecular weight is 896 g/mol. The van der Waals surface area contributed by atoms with Gasteiger partial charge in [0.25, 0.3) is 0 Å². The van der Waals surface area contributed by atoms with Crippen molar-refractivity contribution in [3.8, 4) is 0 Å². The largest absolute Gasteiger partial charge is 0.349 e. The predicted octanol–water partition coefficient (Wildman–Crippen LogP) is 5.53. The second-order valence-electron chi connectivity index (χ2n) is 20.2. The number of fused-ring (bicyclic) bond motifs is 2. The van der Waals surface area contributed by atoms with Gasteiger partial charge in [-0.25, -0.2) is 0 Å². The van der Waals surface area contributed by atoms with Crippen molar-refractivity contribution in [1.29, 1.82) is 0 Å². The van der Waals surface area contributed by atoms with Gasteiger partial charge in [0, 0.05) is 11.2 Å². The van der Waals surface area contributed by atoms with E-state index < -0.39 is 76.0 Å². The van der Waals surface area contributed by atoms with Crippen LogP contribution in [-0.2, 0) is 35.2 Å². The minimum Gasteiger partial charge on any atom is -0.349 e. The summed E-state index contributed by atoms with van der Waals surface area (Å²) in [6.45, 7) is 22.8. The van der Waals surface area contributed by atoms with Gasteiger partial charge >= 0.3 is 0 Å². The second-order valence-corrected chi connectivity index (χ2v) is 22.0. The third-order valence-corrected chi connectivity index (χ3v) is 14.4. The maximum absolute atomic E-state index is 14.8. The van der Waals surface area contributed by atoms with Gasteiger partial charge in [-0.15, -0.1) is 11.8 Å². The summed E-state index contributed by atoms with van der Waals surface area (Å²) in [5, 5.41) is 27.5. The number of nitrogens with one attached hydrogen (secondary N) is 7. The van der Waals surface area contributed by atoms with E-state index in [1.807, 2.05) is 101 Å². The highest BCUT2D eigenvalue weighted by atomic mass is 32.2. The maximum Gasteiger partial charge on any atom is 0.243 e. The van der Waals surface area contributed by atoms with E-state index in [-0.39, 0.29) is 54.2 Å². The Kier molecular flexibility index (Phi) is 14.9. The molecule has 8 atom stereocenters. The number of hydrogen-bond acceptors (Lipinski definition) is 8. The Labute approximate surface area is 382 Å². The van der Waals surface area contributed by atoms with Crippen LogP contribution >= 0.6 is 11.8 Å². The first kappa shape index (κ1) is 48.5. The molecule has 64 heavy (non-hydrogen) atoms. The van der Waals surface area contributed by atoms with Gasteiger partial charge < -0.3 is 31.9 Å². The second kappa shape index (κ2) is 19.7. The van der Waals surface area contributed by atoms with Gasteiger partial charge in [-0.1, -0.05) is 124 Å². The van der Waals surface area contributed by atoms with Crippen molar-refractivity contribution in [3.05, 3.63) is 60.2 Å². The lowest BCUT2D eigenvalue weighted by Gasteiger charge is -2.32. The number of rotatable bonds is 8. The summed E-state index contributed by atoms with van der Waals surface area (Å²) in [6, 6.07) is 12.1. The van der Waals surface area contributed by atoms with E-state index in [1.54, 1.807) is 0 Å². The van der Waals surface area contributed by atoms with E-state index in [4.69, 9.17) is 0 Å². The van der Waals surface area contributed by atoms with Crippen LogP contribution in [0.5, 0.6) is 0 Å². The fourth-order valence-corrected chi connectivity index (χ4v) is 10.9. The minimum absolute atomic E-state index is 0.0442. The molecule has 2 aliphatic rings. The summed E-state index contributed by atoms with van der Waals surface area (Å²) in [5.74, 6) is -4.15. The van der Waals surface area contributed by atoms with Gasteiger partial charge in [0.2, 0.25) is 35.4 Å². The summed E-state index contributed by atoms with van der Waals surface area (Å²) in [6.07, 6.45) is 0.326. The van der Waals surface area contributed by atoms with Crippen LogP contribution in [0.15, 0.2) is 54.6 Å². The van der Waals surface area contributed by atoms with Gasteiger partial charge in [0.05, 0.1) is 11.4 Å². The molecule has 7 unspecified atom stereocenters. The lowest BCUT2D eigenvalue weighted by Crippen LogP contribution is -2.61.